The van der Waals surface area contributed by atoms with Gasteiger partial charge in [0.1, 0.15) is 11.5 Å². The fraction of sp³-hybridized carbons (Fsp3) is 0.471. The number of aryl methyl sites for hydroxylation is 1. The summed E-state index contributed by atoms with van der Waals surface area (Å²) in [5.74, 6) is 0.261. The number of hydrogen-bond acceptors (Lipinski definition) is 4. The predicted octanol–water partition coefficient (Wildman–Crippen LogP) is 1.23. The van der Waals surface area contributed by atoms with E-state index >= 15 is 0 Å². The summed E-state index contributed by atoms with van der Waals surface area (Å²) in [4.78, 5) is 33.8. The van der Waals surface area contributed by atoms with E-state index in [0.29, 0.717) is 18.8 Å². The van der Waals surface area contributed by atoms with Crippen molar-refractivity contribution in [1.82, 2.24) is 10.6 Å². The van der Waals surface area contributed by atoms with Crippen LogP contribution in [0.1, 0.15) is 32.3 Å². The Labute approximate surface area is 136 Å². The molecule has 23 heavy (non-hydrogen) atoms. The van der Waals surface area contributed by atoms with E-state index in [1.807, 2.05) is 31.2 Å². The van der Waals surface area contributed by atoms with Crippen LogP contribution in [-0.2, 0) is 20.8 Å². The molecule has 0 aliphatic rings. The maximum absolute atomic E-state index is 11.7. The zero-order valence-electron chi connectivity index (χ0n) is 13.7. The lowest BCUT2D eigenvalue weighted by atomic mass is 10.1. The van der Waals surface area contributed by atoms with Crippen molar-refractivity contribution < 1.29 is 19.1 Å². The minimum absolute atomic E-state index is 0.0158. The van der Waals surface area contributed by atoms with Crippen molar-refractivity contribution in [2.24, 2.45) is 0 Å². The highest BCUT2D eigenvalue weighted by atomic mass is 16.5. The number of Topliss-reactive ketones (excluding diaryl/α,β-unsaturated/α-hetero) is 1. The molecular formula is C17H24N2O4. The monoisotopic (exact) mass is 320 g/mol. The first kappa shape index (κ1) is 18.7. The summed E-state index contributed by atoms with van der Waals surface area (Å²) >= 11 is 0. The topological polar surface area (TPSA) is 84.5 Å². The van der Waals surface area contributed by atoms with Crippen molar-refractivity contribution in [3.8, 4) is 5.75 Å². The Bertz CT molecular complexity index is 543. The van der Waals surface area contributed by atoms with Crippen molar-refractivity contribution >= 4 is 17.6 Å². The van der Waals surface area contributed by atoms with E-state index in [9.17, 15) is 14.4 Å². The summed E-state index contributed by atoms with van der Waals surface area (Å²) in [6.45, 7) is 4.06. The number of ketones is 1. The molecule has 0 bridgehead atoms. The maximum atomic E-state index is 11.7. The Kier molecular flexibility index (Phi) is 8.42. The molecule has 0 aliphatic carbocycles. The number of para-hydroxylation sites is 1. The second kappa shape index (κ2) is 10.4. The van der Waals surface area contributed by atoms with Crippen LogP contribution in [0.4, 0.5) is 0 Å². The van der Waals surface area contributed by atoms with Gasteiger partial charge in [-0.05, 0) is 25.0 Å². The highest BCUT2D eigenvalue weighted by Crippen LogP contribution is 2.17. The van der Waals surface area contributed by atoms with Gasteiger partial charge in [0.2, 0.25) is 5.91 Å². The summed E-state index contributed by atoms with van der Waals surface area (Å²) in [7, 11) is 0. The third-order valence-corrected chi connectivity index (χ3v) is 3.19. The van der Waals surface area contributed by atoms with Crippen LogP contribution in [0.5, 0.6) is 5.75 Å². The Morgan fingerprint density at radius 1 is 1.00 bits per heavy atom. The van der Waals surface area contributed by atoms with Crippen LogP contribution < -0.4 is 15.4 Å². The predicted molar refractivity (Wildman–Crippen MR) is 87.2 cm³/mol. The van der Waals surface area contributed by atoms with E-state index in [-0.39, 0.29) is 37.0 Å². The number of amides is 2. The van der Waals surface area contributed by atoms with E-state index in [2.05, 4.69) is 10.6 Å². The van der Waals surface area contributed by atoms with Crippen molar-refractivity contribution in [1.29, 1.82) is 0 Å². The average Bonchev–Trinajstić information content (AvgIpc) is 2.55. The molecule has 0 aromatic heterocycles. The van der Waals surface area contributed by atoms with Crippen LogP contribution in [0.25, 0.3) is 0 Å². The van der Waals surface area contributed by atoms with Crippen LogP contribution >= 0.6 is 0 Å². The molecule has 0 unspecified atom stereocenters. The van der Waals surface area contributed by atoms with Crippen molar-refractivity contribution in [3.05, 3.63) is 29.8 Å². The van der Waals surface area contributed by atoms with Crippen molar-refractivity contribution in [2.45, 2.75) is 33.1 Å². The lowest BCUT2D eigenvalue weighted by Crippen LogP contribution is -2.36. The maximum Gasteiger partial charge on any atom is 0.258 e. The van der Waals surface area contributed by atoms with Crippen LogP contribution in [0, 0.1) is 0 Å². The average molecular weight is 320 g/mol. The number of ether oxygens (including phenoxy) is 1. The van der Waals surface area contributed by atoms with Crippen LogP contribution in [0.3, 0.4) is 0 Å². The first-order chi connectivity index (χ1) is 11.0. The smallest absolute Gasteiger partial charge is 0.258 e. The Balaban J connectivity index is 2.17. The number of carbonyl (C=O) groups excluding carboxylic acids is 3. The fourth-order valence-electron chi connectivity index (χ4n) is 1.91. The molecule has 6 heteroatoms. The minimum Gasteiger partial charge on any atom is -0.483 e. The van der Waals surface area contributed by atoms with Gasteiger partial charge in [0.05, 0.1) is 0 Å². The van der Waals surface area contributed by atoms with E-state index < -0.39 is 0 Å². The van der Waals surface area contributed by atoms with Gasteiger partial charge in [0.15, 0.2) is 6.61 Å². The SMILES string of the molecule is CCc1ccccc1OCC(=O)NCCNC(=O)CCC(C)=O. The molecule has 6 nitrogen and oxygen atoms in total. The summed E-state index contributed by atoms with van der Waals surface area (Å²) in [6.07, 6.45) is 1.26. The third kappa shape index (κ3) is 7.99. The Morgan fingerprint density at radius 2 is 1.65 bits per heavy atom. The Morgan fingerprint density at radius 3 is 2.30 bits per heavy atom. The molecule has 0 spiro atoms. The van der Waals surface area contributed by atoms with Crippen molar-refractivity contribution in [2.75, 3.05) is 19.7 Å². The molecule has 0 aliphatic heterocycles. The van der Waals surface area contributed by atoms with Gasteiger partial charge < -0.3 is 20.2 Å². The second-order valence-corrected chi connectivity index (χ2v) is 5.15. The van der Waals surface area contributed by atoms with Gasteiger partial charge in [0.25, 0.3) is 5.91 Å². The Hall–Kier alpha value is -2.37. The first-order valence-corrected chi connectivity index (χ1v) is 7.76. The quantitative estimate of drug-likeness (QED) is 0.635. The van der Waals surface area contributed by atoms with Gasteiger partial charge in [-0.15, -0.1) is 0 Å². The molecule has 1 aromatic carbocycles. The molecule has 2 N–H and O–H groups in total. The first-order valence-electron chi connectivity index (χ1n) is 7.76. The molecule has 1 rings (SSSR count). The van der Waals surface area contributed by atoms with Gasteiger partial charge in [-0.1, -0.05) is 25.1 Å². The highest BCUT2D eigenvalue weighted by Gasteiger charge is 2.06. The lowest BCUT2D eigenvalue weighted by Gasteiger charge is -2.10. The van der Waals surface area contributed by atoms with E-state index in [1.165, 1.54) is 6.92 Å². The number of hydrogen-bond donors (Lipinski definition) is 2. The van der Waals surface area contributed by atoms with E-state index in [0.717, 1.165) is 12.0 Å². The summed E-state index contributed by atoms with van der Waals surface area (Å²) in [6, 6.07) is 7.59. The minimum atomic E-state index is -0.242. The van der Waals surface area contributed by atoms with Gasteiger partial charge in [-0.3, -0.25) is 9.59 Å². The second-order valence-electron chi connectivity index (χ2n) is 5.15. The molecule has 0 saturated carbocycles. The van der Waals surface area contributed by atoms with Crippen molar-refractivity contribution in [3.63, 3.8) is 0 Å². The summed E-state index contributed by atoms with van der Waals surface area (Å²) in [5.41, 5.74) is 1.05. The largest absolute Gasteiger partial charge is 0.483 e. The fourth-order valence-corrected chi connectivity index (χ4v) is 1.91. The van der Waals surface area contributed by atoms with E-state index in [4.69, 9.17) is 4.74 Å². The molecule has 2 amide bonds. The number of rotatable bonds is 10. The molecule has 0 radical (unpaired) electrons. The molecule has 0 atom stereocenters. The molecular weight excluding hydrogens is 296 g/mol. The van der Waals surface area contributed by atoms with Crippen LogP contribution in [0.2, 0.25) is 0 Å². The lowest BCUT2D eigenvalue weighted by molar-refractivity contribution is -0.125. The molecule has 0 saturated heterocycles. The van der Waals surface area contributed by atoms with Gasteiger partial charge in [-0.25, -0.2) is 0 Å². The highest BCUT2D eigenvalue weighted by molar-refractivity contribution is 5.83. The van der Waals surface area contributed by atoms with Gasteiger partial charge in [0, 0.05) is 25.9 Å². The zero-order chi connectivity index (χ0) is 17.1. The summed E-state index contributed by atoms with van der Waals surface area (Å²) < 4.78 is 5.50. The number of benzene rings is 1. The van der Waals surface area contributed by atoms with Crippen LogP contribution in [-0.4, -0.2) is 37.3 Å². The number of carbonyl (C=O) groups is 3. The molecule has 0 fully saturated rings. The normalized spacial score (nSPS) is 10.0. The summed E-state index contributed by atoms with van der Waals surface area (Å²) in [5, 5.41) is 5.30. The number of nitrogens with one attached hydrogen (secondary N) is 2. The molecule has 126 valence electrons. The van der Waals surface area contributed by atoms with Gasteiger partial charge >= 0.3 is 0 Å². The third-order valence-electron chi connectivity index (χ3n) is 3.19. The van der Waals surface area contributed by atoms with Gasteiger partial charge in [-0.2, -0.15) is 0 Å². The zero-order valence-corrected chi connectivity index (χ0v) is 13.7. The van der Waals surface area contributed by atoms with Crippen LogP contribution in [0.15, 0.2) is 24.3 Å². The molecule has 1 aromatic rings. The molecule has 0 heterocycles. The standard InChI is InChI=1S/C17H24N2O4/c1-3-14-6-4-5-7-15(14)23-12-17(22)19-11-10-18-16(21)9-8-13(2)20/h4-7H,3,8-12H2,1-2H3,(H,18,21)(H,19,22). The van der Waals surface area contributed by atoms with E-state index in [1.54, 1.807) is 0 Å².